The van der Waals surface area contributed by atoms with Crippen molar-refractivity contribution in [3.63, 3.8) is 0 Å². The van der Waals surface area contributed by atoms with Crippen molar-refractivity contribution in [1.82, 2.24) is 9.88 Å². The summed E-state index contributed by atoms with van der Waals surface area (Å²) in [6.07, 6.45) is 0. The van der Waals surface area contributed by atoms with Crippen molar-refractivity contribution in [2.75, 3.05) is 6.61 Å². The van der Waals surface area contributed by atoms with Gasteiger partial charge < -0.3 is 9.64 Å². The molecule has 0 saturated heterocycles. The first kappa shape index (κ1) is 19.9. The van der Waals surface area contributed by atoms with Crippen LogP contribution in [0.5, 0.6) is 5.75 Å². The van der Waals surface area contributed by atoms with Gasteiger partial charge in [0.05, 0.1) is 23.4 Å². The van der Waals surface area contributed by atoms with Gasteiger partial charge in [-0.2, -0.15) is 0 Å². The number of hydrogen-bond donors (Lipinski definition) is 0. The minimum atomic E-state index is 0.0378. The van der Waals surface area contributed by atoms with Crippen molar-refractivity contribution in [2.45, 2.75) is 46.7 Å². The SMILES string of the molecule is CCOc1ccc(-c2cc(C(=O)N(C(C)C)C(C)C)c3ccccc3n2)cc1. The van der Waals surface area contributed by atoms with Gasteiger partial charge in [0.1, 0.15) is 5.75 Å². The van der Waals surface area contributed by atoms with Crippen LogP contribution in [0.2, 0.25) is 0 Å². The van der Waals surface area contributed by atoms with E-state index in [1.807, 2.05) is 66.4 Å². The molecule has 1 heterocycles. The smallest absolute Gasteiger partial charge is 0.255 e. The van der Waals surface area contributed by atoms with Gasteiger partial charge in [-0.25, -0.2) is 4.98 Å². The number of fused-ring (bicyclic) bond motifs is 1. The fraction of sp³-hybridized carbons (Fsp3) is 0.333. The number of para-hydroxylation sites is 1. The fourth-order valence-corrected chi connectivity index (χ4v) is 3.59. The van der Waals surface area contributed by atoms with Crippen molar-refractivity contribution in [2.24, 2.45) is 0 Å². The van der Waals surface area contributed by atoms with Gasteiger partial charge in [0.15, 0.2) is 0 Å². The second kappa shape index (κ2) is 8.42. The number of benzene rings is 2. The summed E-state index contributed by atoms with van der Waals surface area (Å²) < 4.78 is 5.53. The van der Waals surface area contributed by atoms with Gasteiger partial charge in [-0.05, 0) is 71.0 Å². The summed E-state index contributed by atoms with van der Waals surface area (Å²) in [6.45, 7) is 10.8. The Hall–Kier alpha value is -2.88. The zero-order valence-electron chi connectivity index (χ0n) is 17.3. The molecule has 0 aliphatic heterocycles. The predicted molar refractivity (Wildman–Crippen MR) is 115 cm³/mol. The molecule has 0 aliphatic rings. The van der Waals surface area contributed by atoms with Crippen LogP contribution in [0.4, 0.5) is 0 Å². The summed E-state index contributed by atoms with van der Waals surface area (Å²) >= 11 is 0. The van der Waals surface area contributed by atoms with Crippen LogP contribution in [0, 0.1) is 0 Å². The third-order valence-corrected chi connectivity index (χ3v) is 4.75. The lowest BCUT2D eigenvalue weighted by atomic mass is 10.0. The molecule has 3 rings (SSSR count). The summed E-state index contributed by atoms with van der Waals surface area (Å²) in [4.78, 5) is 20.2. The number of ether oxygens (including phenoxy) is 1. The lowest BCUT2D eigenvalue weighted by Crippen LogP contribution is -2.42. The van der Waals surface area contributed by atoms with Crippen LogP contribution in [-0.2, 0) is 0 Å². The Labute approximate surface area is 167 Å². The molecule has 0 bridgehead atoms. The minimum Gasteiger partial charge on any atom is -0.494 e. The quantitative estimate of drug-likeness (QED) is 0.566. The summed E-state index contributed by atoms with van der Waals surface area (Å²) in [5.41, 5.74) is 3.27. The highest BCUT2D eigenvalue weighted by Crippen LogP contribution is 2.28. The summed E-state index contributed by atoms with van der Waals surface area (Å²) in [6, 6.07) is 17.8. The molecule has 0 spiro atoms. The number of nitrogens with zero attached hydrogens (tertiary/aromatic N) is 2. The average Bonchev–Trinajstić information content (AvgIpc) is 2.67. The van der Waals surface area contributed by atoms with E-state index in [0.717, 1.165) is 27.9 Å². The van der Waals surface area contributed by atoms with Gasteiger partial charge in [0.25, 0.3) is 5.91 Å². The van der Waals surface area contributed by atoms with Crippen molar-refractivity contribution in [3.8, 4) is 17.0 Å². The molecule has 0 unspecified atom stereocenters. The minimum absolute atomic E-state index is 0.0378. The van der Waals surface area contributed by atoms with Crippen LogP contribution in [0.3, 0.4) is 0 Å². The van der Waals surface area contributed by atoms with Gasteiger partial charge >= 0.3 is 0 Å². The number of rotatable bonds is 6. The Morgan fingerprint density at radius 3 is 2.25 bits per heavy atom. The standard InChI is InChI=1S/C24H28N2O2/c1-6-28-19-13-11-18(12-14-19)23-15-21(20-9-7-8-10-22(20)25-23)24(27)26(16(2)3)17(4)5/h7-17H,6H2,1-5H3. The molecule has 1 aromatic heterocycles. The lowest BCUT2D eigenvalue weighted by molar-refractivity contribution is 0.0646. The van der Waals surface area contributed by atoms with E-state index in [1.165, 1.54) is 0 Å². The molecule has 0 atom stereocenters. The first-order chi connectivity index (χ1) is 13.4. The maximum Gasteiger partial charge on any atom is 0.255 e. The Morgan fingerprint density at radius 2 is 1.64 bits per heavy atom. The van der Waals surface area contributed by atoms with Crippen molar-refractivity contribution in [3.05, 3.63) is 60.2 Å². The third-order valence-electron chi connectivity index (χ3n) is 4.75. The van der Waals surface area contributed by atoms with Crippen LogP contribution in [0.1, 0.15) is 45.0 Å². The maximum absolute atomic E-state index is 13.4. The summed E-state index contributed by atoms with van der Waals surface area (Å²) in [7, 11) is 0. The topological polar surface area (TPSA) is 42.4 Å². The highest BCUT2D eigenvalue weighted by molar-refractivity contribution is 6.07. The number of carbonyl (C=O) groups is 1. The van der Waals surface area contributed by atoms with E-state index in [1.54, 1.807) is 0 Å². The fourth-order valence-electron chi connectivity index (χ4n) is 3.59. The lowest BCUT2D eigenvalue weighted by Gasteiger charge is -2.31. The second-order valence-corrected chi connectivity index (χ2v) is 7.43. The number of hydrogen-bond acceptors (Lipinski definition) is 3. The number of pyridine rings is 1. The molecule has 0 saturated carbocycles. The molecule has 3 aromatic rings. The van der Waals surface area contributed by atoms with E-state index in [0.29, 0.717) is 12.2 Å². The zero-order chi connectivity index (χ0) is 20.3. The molecule has 0 N–H and O–H groups in total. The van der Waals surface area contributed by atoms with Crippen molar-refractivity contribution in [1.29, 1.82) is 0 Å². The highest BCUT2D eigenvalue weighted by atomic mass is 16.5. The zero-order valence-corrected chi connectivity index (χ0v) is 17.3. The van der Waals surface area contributed by atoms with E-state index in [-0.39, 0.29) is 18.0 Å². The molecule has 1 amide bonds. The number of aromatic nitrogens is 1. The number of amides is 1. The summed E-state index contributed by atoms with van der Waals surface area (Å²) in [5, 5.41) is 0.883. The molecule has 0 radical (unpaired) electrons. The molecule has 2 aromatic carbocycles. The molecule has 4 nitrogen and oxygen atoms in total. The van der Waals surface area contributed by atoms with Gasteiger partial charge in [-0.3, -0.25) is 4.79 Å². The predicted octanol–water partition coefficient (Wildman–Crippen LogP) is 5.56. The monoisotopic (exact) mass is 376 g/mol. The van der Waals surface area contributed by atoms with Gasteiger partial charge in [0, 0.05) is 23.0 Å². The van der Waals surface area contributed by atoms with Crippen molar-refractivity contribution >= 4 is 16.8 Å². The molecule has 4 heteroatoms. The van der Waals surface area contributed by atoms with Crippen LogP contribution in [0.15, 0.2) is 54.6 Å². The normalized spacial score (nSPS) is 11.2. The van der Waals surface area contributed by atoms with Gasteiger partial charge in [-0.1, -0.05) is 18.2 Å². The van der Waals surface area contributed by atoms with Crippen LogP contribution < -0.4 is 4.74 Å². The van der Waals surface area contributed by atoms with Gasteiger partial charge in [-0.15, -0.1) is 0 Å². The molecule has 146 valence electrons. The van der Waals surface area contributed by atoms with E-state index >= 15 is 0 Å². The summed E-state index contributed by atoms with van der Waals surface area (Å²) in [5.74, 6) is 0.866. The first-order valence-electron chi connectivity index (χ1n) is 9.88. The highest BCUT2D eigenvalue weighted by Gasteiger charge is 2.24. The van der Waals surface area contributed by atoms with E-state index in [2.05, 4.69) is 27.7 Å². The molecular formula is C24H28N2O2. The van der Waals surface area contributed by atoms with Crippen LogP contribution in [-0.4, -0.2) is 34.5 Å². The second-order valence-electron chi connectivity index (χ2n) is 7.43. The van der Waals surface area contributed by atoms with Crippen LogP contribution in [0.25, 0.3) is 22.2 Å². The molecular weight excluding hydrogens is 348 g/mol. The number of carbonyl (C=O) groups excluding carboxylic acids is 1. The Bertz CT molecular complexity index is 954. The van der Waals surface area contributed by atoms with E-state index in [9.17, 15) is 4.79 Å². The van der Waals surface area contributed by atoms with Crippen molar-refractivity contribution < 1.29 is 9.53 Å². The first-order valence-corrected chi connectivity index (χ1v) is 9.88. The van der Waals surface area contributed by atoms with E-state index in [4.69, 9.17) is 9.72 Å². The maximum atomic E-state index is 13.4. The largest absolute Gasteiger partial charge is 0.494 e. The van der Waals surface area contributed by atoms with Crippen LogP contribution >= 0.6 is 0 Å². The third kappa shape index (κ3) is 4.01. The van der Waals surface area contributed by atoms with Gasteiger partial charge in [0.2, 0.25) is 0 Å². The Balaban J connectivity index is 2.13. The Kier molecular flexibility index (Phi) is 5.98. The Morgan fingerprint density at radius 1 is 1.00 bits per heavy atom. The average molecular weight is 377 g/mol. The van der Waals surface area contributed by atoms with E-state index < -0.39 is 0 Å². The molecule has 0 fully saturated rings. The molecule has 28 heavy (non-hydrogen) atoms. The molecule has 0 aliphatic carbocycles.